The summed E-state index contributed by atoms with van der Waals surface area (Å²) >= 11 is 0. The van der Waals surface area contributed by atoms with Crippen LogP contribution in [0, 0.1) is 27.7 Å². The van der Waals surface area contributed by atoms with Gasteiger partial charge in [-0.25, -0.2) is 0 Å². The molecule has 0 saturated heterocycles. The summed E-state index contributed by atoms with van der Waals surface area (Å²) in [6.45, 7) is 7.90. The number of carbonyl (C=O) groups excluding carboxylic acids is 1. The van der Waals surface area contributed by atoms with E-state index in [2.05, 4.69) is 0 Å². The fourth-order valence-electron chi connectivity index (χ4n) is 3.66. The van der Waals surface area contributed by atoms with Crippen LogP contribution in [-0.2, 0) is 22.5 Å². The molecule has 1 unspecified atom stereocenters. The van der Waals surface area contributed by atoms with Gasteiger partial charge in [0.1, 0.15) is 17.6 Å². The van der Waals surface area contributed by atoms with Crippen molar-refractivity contribution in [3.05, 3.63) is 50.4 Å². The van der Waals surface area contributed by atoms with E-state index >= 15 is 0 Å². The number of aromatic hydroxyl groups is 2. The van der Waals surface area contributed by atoms with Crippen molar-refractivity contribution in [3.8, 4) is 17.2 Å². The minimum atomic E-state index is -0.437. The first-order valence-electron chi connectivity index (χ1n) is 9.73. The second kappa shape index (κ2) is 8.19. The van der Waals surface area contributed by atoms with Crippen molar-refractivity contribution in [2.75, 3.05) is 6.61 Å². The highest BCUT2D eigenvalue weighted by molar-refractivity contribution is 5.69. The van der Waals surface area contributed by atoms with Crippen molar-refractivity contribution >= 4 is 5.97 Å². The third-order valence-corrected chi connectivity index (χ3v) is 5.73. The molecule has 0 aliphatic carbocycles. The zero-order chi connectivity index (χ0) is 21.3. The van der Waals surface area contributed by atoms with Crippen LogP contribution < -0.4 is 10.2 Å². The zero-order valence-corrected chi connectivity index (χ0v) is 17.2. The molecule has 0 radical (unpaired) electrons. The fraction of sp³-hybridized carbons (Fsp3) is 0.455. The maximum absolute atomic E-state index is 12.0. The molecule has 1 aliphatic heterocycles. The number of phenolic OH excluding ortho intramolecular Hbond substituents is 1. The number of aromatic nitrogens is 1. The zero-order valence-electron chi connectivity index (χ0n) is 17.2. The van der Waals surface area contributed by atoms with Crippen LogP contribution >= 0.6 is 0 Å². The minimum absolute atomic E-state index is 0.0884. The van der Waals surface area contributed by atoms with E-state index in [0.717, 1.165) is 28.0 Å². The molecule has 7 nitrogen and oxygen atoms in total. The molecule has 1 aliphatic rings. The molecule has 3 rings (SSSR count). The molecule has 0 spiro atoms. The van der Waals surface area contributed by atoms with Crippen molar-refractivity contribution in [2.24, 2.45) is 0 Å². The summed E-state index contributed by atoms with van der Waals surface area (Å²) < 4.78 is 13.0. The Labute approximate surface area is 169 Å². The third-order valence-electron chi connectivity index (χ3n) is 5.73. The molecular weight excluding hydrogens is 374 g/mol. The number of carbonyl (C=O) groups is 1. The third kappa shape index (κ3) is 4.09. The van der Waals surface area contributed by atoms with Crippen LogP contribution in [0.15, 0.2) is 17.1 Å². The van der Waals surface area contributed by atoms with Gasteiger partial charge in [-0.05, 0) is 44.4 Å². The van der Waals surface area contributed by atoms with E-state index in [1.807, 2.05) is 20.8 Å². The molecule has 0 saturated carbocycles. The van der Waals surface area contributed by atoms with Crippen LogP contribution in [0.3, 0.4) is 0 Å². The number of esters is 1. The maximum Gasteiger partial charge on any atom is 0.307 e. The molecule has 0 amide bonds. The highest BCUT2D eigenvalue weighted by Gasteiger charge is 2.29. The normalized spacial score (nSPS) is 15.1. The summed E-state index contributed by atoms with van der Waals surface area (Å²) in [5.41, 5.74) is 3.64. The Balaban J connectivity index is 1.49. The minimum Gasteiger partial charge on any atom is -0.507 e. The number of phenols is 1. The van der Waals surface area contributed by atoms with E-state index < -0.39 is 5.43 Å². The smallest absolute Gasteiger partial charge is 0.307 e. The van der Waals surface area contributed by atoms with Crippen molar-refractivity contribution in [1.29, 1.82) is 0 Å². The highest BCUT2D eigenvalue weighted by atomic mass is 16.5. The lowest BCUT2D eigenvalue weighted by molar-refractivity contribution is -0.144. The number of benzene rings is 1. The monoisotopic (exact) mass is 401 g/mol. The molecule has 2 aromatic rings. The van der Waals surface area contributed by atoms with Gasteiger partial charge in [-0.2, -0.15) is 0 Å². The molecule has 1 aromatic heterocycles. The van der Waals surface area contributed by atoms with E-state index in [9.17, 15) is 19.8 Å². The van der Waals surface area contributed by atoms with Gasteiger partial charge < -0.3 is 24.3 Å². The molecule has 0 bridgehead atoms. The number of rotatable bonds is 6. The van der Waals surface area contributed by atoms with E-state index in [1.165, 1.54) is 6.07 Å². The topological polar surface area (TPSA) is 98.0 Å². The maximum atomic E-state index is 12.0. The van der Waals surface area contributed by atoms with Crippen LogP contribution in [0.1, 0.15) is 40.8 Å². The second-order valence-electron chi connectivity index (χ2n) is 7.54. The summed E-state index contributed by atoms with van der Waals surface area (Å²) in [4.78, 5) is 23.4. The van der Waals surface area contributed by atoms with Crippen LogP contribution in [0.25, 0.3) is 0 Å². The van der Waals surface area contributed by atoms with Gasteiger partial charge in [-0.3, -0.25) is 9.59 Å². The summed E-state index contributed by atoms with van der Waals surface area (Å²) in [6.07, 6.45) is 2.85. The number of nitrogens with zero attached hydrogens (tertiary/aromatic N) is 1. The van der Waals surface area contributed by atoms with Gasteiger partial charge in [0.2, 0.25) is 5.43 Å². The largest absolute Gasteiger partial charge is 0.507 e. The number of ether oxygens (including phenoxy) is 2. The Hall–Kier alpha value is -2.96. The van der Waals surface area contributed by atoms with Gasteiger partial charge in [0, 0.05) is 37.2 Å². The number of hydrogen-bond acceptors (Lipinski definition) is 6. The number of fused-ring (bicyclic) bond motifs is 1. The molecule has 2 N–H and O–H groups in total. The van der Waals surface area contributed by atoms with Gasteiger partial charge in [0.25, 0.3) is 0 Å². The predicted molar refractivity (Wildman–Crippen MR) is 108 cm³/mol. The highest BCUT2D eigenvalue weighted by Crippen LogP contribution is 2.42. The Bertz CT molecular complexity index is 971. The molecule has 1 aromatic carbocycles. The molecule has 0 fully saturated rings. The molecule has 156 valence electrons. The Kier molecular flexibility index (Phi) is 5.86. The average Bonchev–Trinajstić information content (AvgIpc) is 3.13. The standard InChI is InChI=1S/C22H27NO6/c1-12-13(2)22-17(14(3)20(12)26)11-16(29-22)7-10-28-19(25)6-9-23-8-5-18(24)21(27)15(23)4/h5,8,16,26-27H,6-7,9-11H2,1-4H3. The van der Waals surface area contributed by atoms with Crippen LogP contribution in [0.4, 0.5) is 0 Å². The SMILES string of the molecule is Cc1c(C)c2c(c(C)c1O)CC(CCOC(=O)CCn1ccc(=O)c(O)c1C)O2. The van der Waals surface area contributed by atoms with Gasteiger partial charge in [-0.15, -0.1) is 0 Å². The van der Waals surface area contributed by atoms with Crippen molar-refractivity contribution < 1.29 is 24.5 Å². The number of aryl methyl sites for hydroxylation is 1. The second-order valence-corrected chi connectivity index (χ2v) is 7.54. The van der Waals surface area contributed by atoms with Crippen LogP contribution in [0.2, 0.25) is 0 Å². The van der Waals surface area contributed by atoms with Crippen LogP contribution in [0.5, 0.6) is 17.2 Å². The lowest BCUT2D eigenvalue weighted by atomic mass is 9.96. The van der Waals surface area contributed by atoms with E-state index in [-0.39, 0.29) is 30.9 Å². The Morgan fingerprint density at radius 2 is 1.90 bits per heavy atom. The lowest BCUT2D eigenvalue weighted by Crippen LogP contribution is -2.19. The molecule has 2 heterocycles. The first kappa shape index (κ1) is 20.8. The average molecular weight is 401 g/mol. The first-order valence-corrected chi connectivity index (χ1v) is 9.73. The first-order chi connectivity index (χ1) is 13.7. The number of hydrogen-bond donors (Lipinski definition) is 2. The van der Waals surface area contributed by atoms with Gasteiger partial charge in [0.15, 0.2) is 5.75 Å². The van der Waals surface area contributed by atoms with Gasteiger partial charge >= 0.3 is 5.97 Å². The summed E-state index contributed by atoms with van der Waals surface area (Å²) in [5, 5.41) is 19.9. The summed E-state index contributed by atoms with van der Waals surface area (Å²) in [5.74, 6) is 0.507. The molecular formula is C22H27NO6. The molecule has 29 heavy (non-hydrogen) atoms. The summed E-state index contributed by atoms with van der Waals surface area (Å²) in [6, 6.07) is 1.27. The summed E-state index contributed by atoms with van der Waals surface area (Å²) in [7, 11) is 0. The van der Waals surface area contributed by atoms with E-state index in [4.69, 9.17) is 9.47 Å². The van der Waals surface area contributed by atoms with Crippen molar-refractivity contribution in [3.63, 3.8) is 0 Å². The molecule has 1 atom stereocenters. The van der Waals surface area contributed by atoms with E-state index in [0.29, 0.717) is 30.8 Å². The predicted octanol–water partition coefficient (Wildman–Crippen LogP) is 2.82. The quantitative estimate of drug-likeness (QED) is 0.723. The Morgan fingerprint density at radius 1 is 1.17 bits per heavy atom. The fourth-order valence-corrected chi connectivity index (χ4v) is 3.66. The number of pyridine rings is 1. The van der Waals surface area contributed by atoms with E-state index in [1.54, 1.807) is 17.7 Å². The lowest BCUT2D eigenvalue weighted by Gasteiger charge is -2.14. The van der Waals surface area contributed by atoms with Crippen molar-refractivity contribution in [1.82, 2.24) is 4.57 Å². The van der Waals surface area contributed by atoms with Crippen molar-refractivity contribution in [2.45, 2.75) is 59.6 Å². The van der Waals surface area contributed by atoms with Gasteiger partial charge in [-0.1, -0.05) is 0 Å². The van der Waals surface area contributed by atoms with Crippen LogP contribution in [-0.4, -0.2) is 33.5 Å². The molecule has 7 heteroatoms. The van der Waals surface area contributed by atoms with Gasteiger partial charge in [0.05, 0.1) is 18.7 Å². The Morgan fingerprint density at radius 3 is 2.62 bits per heavy atom.